The number of carbonyl (C=O) groups is 1. The minimum absolute atomic E-state index is 0.297. The molecule has 0 bridgehead atoms. The van der Waals surface area contributed by atoms with Crippen LogP contribution in [0.25, 0.3) is 0 Å². The molecule has 1 saturated heterocycles. The molecule has 8 heteroatoms. The van der Waals surface area contributed by atoms with Gasteiger partial charge in [-0.3, -0.25) is 14.0 Å². The second-order valence-corrected chi connectivity index (χ2v) is 10.00. The Morgan fingerprint density at radius 1 is 1.10 bits per heavy atom. The standard InChI is InChI=1S/C22H28ClN3O3S/c1-17-20(23)10-7-11-21(17)26(30(2,28)29)16-22(27)24-14-18-8-3-4-9-19(18)15-25-12-5-6-13-25/h3-4,7-11H,5-6,12-16H2,1-2H3,(H,24,27). The third-order valence-corrected chi connectivity index (χ3v) is 6.92. The van der Waals surface area contributed by atoms with Gasteiger partial charge in [-0.2, -0.15) is 0 Å². The molecule has 0 spiro atoms. The summed E-state index contributed by atoms with van der Waals surface area (Å²) < 4.78 is 25.8. The van der Waals surface area contributed by atoms with Crippen molar-refractivity contribution in [2.75, 3.05) is 30.2 Å². The largest absolute Gasteiger partial charge is 0.350 e. The second-order valence-electron chi connectivity index (χ2n) is 7.68. The maximum absolute atomic E-state index is 12.6. The summed E-state index contributed by atoms with van der Waals surface area (Å²) in [5.74, 6) is -0.365. The normalized spacial score (nSPS) is 14.6. The summed E-state index contributed by atoms with van der Waals surface area (Å²) in [6.45, 7) is 4.86. The molecule has 1 N–H and O–H groups in total. The molecule has 0 saturated carbocycles. The van der Waals surface area contributed by atoms with Crippen LogP contribution in [-0.4, -0.2) is 45.1 Å². The average Bonchev–Trinajstić information content (AvgIpc) is 3.20. The van der Waals surface area contributed by atoms with E-state index in [0.29, 0.717) is 22.8 Å². The van der Waals surface area contributed by atoms with E-state index in [-0.39, 0.29) is 12.5 Å². The molecule has 1 amide bonds. The highest BCUT2D eigenvalue weighted by molar-refractivity contribution is 7.92. The van der Waals surface area contributed by atoms with Crippen LogP contribution in [0.5, 0.6) is 0 Å². The van der Waals surface area contributed by atoms with Crippen molar-refractivity contribution in [3.8, 4) is 0 Å². The molecule has 1 aliphatic heterocycles. The van der Waals surface area contributed by atoms with Crippen LogP contribution in [0.2, 0.25) is 5.02 Å². The number of nitrogens with zero attached hydrogens (tertiary/aromatic N) is 2. The van der Waals surface area contributed by atoms with Crippen molar-refractivity contribution in [2.24, 2.45) is 0 Å². The Labute approximate surface area is 183 Å². The number of sulfonamides is 1. The van der Waals surface area contributed by atoms with Gasteiger partial charge in [-0.05, 0) is 61.7 Å². The van der Waals surface area contributed by atoms with E-state index in [0.717, 1.165) is 35.8 Å². The first-order valence-electron chi connectivity index (χ1n) is 10.0. The number of amides is 1. The van der Waals surface area contributed by atoms with Crippen molar-refractivity contribution < 1.29 is 13.2 Å². The third kappa shape index (κ3) is 5.74. The van der Waals surface area contributed by atoms with Crippen LogP contribution in [0.4, 0.5) is 5.69 Å². The fourth-order valence-corrected chi connectivity index (χ4v) is 4.77. The first-order valence-corrected chi connectivity index (χ1v) is 12.3. The Bertz CT molecular complexity index is 1000. The van der Waals surface area contributed by atoms with Gasteiger partial charge in [0.1, 0.15) is 6.54 Å². The Hall–Kier alpha value is -2.09. The molecule has 6 nitrogen and oxygen atoms in total. The van der Waals surface area contributed by atoms with Crippen LogP contribution < -0.4 is 9.62 Å². The monoisotopic (exact) mass is 449 g/mol. The molecule has 1 heterocycles. The summed E-state index contributed by atoms with van der Waals surface area (Å²) in [7, 11) is -3.65. The lowest BCUT2D eigenvalue weighted by molar-refractivity contribution is -0.119. The molecular formula is C22H28ClN3O3S. The quantitative estimate of drug-likeness (QED) is 0.671. The summed E-state index contributed by atoms with van der Waals surface area (Å²) in [5.41, 5.74) is 3.26. The molecule has 30 heavy (non-hydrogen) atoms. The molecule has 1 fully saturated rings. The van der Waals surface area contributed by atoms with Gasteiger partial charge in [-0.1, -0.05) is 41.9 Å². The third-order valence-electron chi connectivity index (χ3n) is 5.38. The van der Waals surface area contributed by atoms with Crippen LogP contribution in [-0.2, 0) is 27.9 Å². The van der Waals surface area contributed by atoms with Crippen LogP contribution in [0, 0.1) is 6.92 Å². The lowest BCUT2D eigenvalue weighted by Gasteiger charge is -2.24. The van der Waals surface area contributed by atoms with Crippen molar-refractivity contribution in [1.82, 2.24) is 10.2 Å². The molecule has 0 aromatic heterocycles. The Morgan fingerprint density at radius 2 is 1.77 bits per heavy atom. The second kappa shape index (κ2) is 9.81. The van der Waals surface area contributed by atoms with Crippen molar-refractivity contribution in [3.05, 3.63) is 64.2 Å². The van der Waals surface area contributed by atoms with Crippen LogP contribution in [0.3, 0.4) is 0 Å². The first kappa shape index (κ1) is 22.6. The van der Waals surface area contributed by atoms with Gasteiger partial charge in [0.25, 0.3) is 0 Å². The van der Waals surface area contributed by atoms with E-state index >= 15 is 0 Å². The molecule has 3 rings (SSSR count). The number of nitrogens with one attached hydrogen (secondary N) is 1. The van der Waals surface area contributed by atoms with E-state index in [4.69, 9.17) is 11.6 Å². The number of hydrogen-bond acceptors (Lipinski definition) is 4. The fraction of sp³-hybridized carbons (Fsp3) is 0.409. The van der Waals surface area contributed by atoms with Gasteiger partial charge >= 0.3 is 0 Å². The summed E-state index contributed by atoms with van der Waals surface area (Å²) in [6.07, 6.45) is 3.54. The van der Waals surface area contributed by atoms with Crippen LogP contribution in [0.1, 0.15) is 29.5 Å². The number of likely N-dealkylation sites (tertiary alicyclic amines) is 1. The van der Waals surface area contributed by atoms with Gasteiger partial charge in [-0.25, -0.2) is 8.42 Å². The number of halogens is 1. The Balaban J connectivity index is 1.69. The van der Waals surface area contributed by atoms with Crippen molar-refractivity contribution >= 4 is 33.2 Å². The summed E-state index contributed by atoms with van der Waals surface area (Å²) >= 11 is 6.15. The zero-order valence-electron chi connectivity index (χ0n) is 17.4. The molecule has 162 valence electrons. The highest BCUT2D eigenvalue weighted by atomic mass is 35.5. The zero-order chi connectivity index (χ0) is 21.7. The number of hydrogen-bond donors (Lipinski definition) is 1. The highest BCUT2D eigenvalue weighted by Gasteiger charge is 2.23. The lowest BCUT2D eigenvalue weighted by Crippen LogP contribution is -2.40. The minimum atomic E-state index is -3.65. The van der Waals surface area contributed by atoms with Gasteiger partial charge in [0.15, 0.2) is 0 Å². The van der Waals surface area contributed by atoms with E-state index < -0.39 is 10.0 Å². The molecule has 0 aliphatic carbocycles. The molecular weight excluding hydrogens is 422 g/mol. The lowest BCUT2D eigenvalue weighted by atomic mass is 10.1. The predicted octanol–water partition coefficient (Wildman–Crippen LogP) is 3.33. The molecule has 1 aliphatic rings. The van der Waals surface area contributed by atoms with E-state index in [2.05, 4.69) is 16.3 Å². The number of carbonyl (C=O) groups excluding carboxylic acids is 1. The number of benzene rings is 2. The number of anilines is 1. The maximum Gasteiger partial charge on any atom is 0.241 e. The predicted molar refractivity (Wildman–Crippen MR) is 121 cm³/mol. The van der Waals surface area contributed by atoms with Crippen LogP contribution in [0.15, 0.2) is 42.5 Å². The molecule has 0 radical (unpaired) electrons. The number of rotatable bonds is 8. The molecule has 0 atom stereocenters. The maximum atomic E-state index is 12.6. The summed E-state index contributed by atoms with van der Waals surface area (Å²) in [6, 6.07) is 13.1. The van der Waals surface area contributed by atoms with Gasteiger partial charge in [0.2, 0.25) is 15.9 Å². The molecule has 0 unspecified atom stereocenters. The van der Waals surface area contributed by atoms with E-state index in [1.807, 2.05) is 18.2 Å². The minimum Gasteiger partial charge on any atom is -0.350 e. The first-order chi connectivity index (χ1) is 14.3. The SMILES string of the molecule is Cc1c(Cl)cccc1N(CC(=O)NCc1ccccc1CN1CCCC1)S(C)(=O)=O. The Kier molecular flexibility index (Phi) is 7.39. The summed E-state index contributed by atoms with van der Waals surface area (Å²) in [4.78, 5) is 15.0. The van der Waals surface area contributed by atoms with Crippen LogP contribution >= 0.6 is 11.6 Å². The average molecular weight is 450 g/mol. The van der Waals surface area contributed by atoms with Gasteiger partial charge in [-0.15, -0.1) is 0 Å². The zero-order valence-corrected chi connectivity index (χ0v) is 19.0. The van der Waals surface area contributed by atoms with Crippen molar-refractivity contribution in [2.45, 2.75) is 32.9 Å². The van der Waals surface area contributed by atoms with Gasteiger partial charge in [0, 0.05) is 18.1 Å². The van der Waals surface area contributed by atoms with E-state index in [1.165, 1.54) is 18.4 Å². The molecule has 2 aromatic rings. The smallest absolute Gasteiger partial charge is 0.241 e. The van der Waals surface area contributed by atoms with Gasteiger partial charge < -0.3 is 5.32 Å². The van der Waals surface area contributed by atoms with Crippen molar-refractivity contribution in [1.29, 1.82) is 0 Å². The summed E-state index contributed by atoms with van der Waals surface area (Å²) in [5, 5.41) is 3.33. The Morgan fingerprint density at radius 3 is 2.43 bits per heavy atom. The van der Waals surface area contributed by atoms with E-state index in [9.17, 15) is 13.2 Å². The van der Waals surface area contributed by atoms with E-state index in [1.54, 1.807) is 25.1 Å². The fourth-order valence-electron chi connectivity index (χ4n) is 3.69. The molecule has 2 aromatic carbocycles. The van der Waals surface area contributed by atoms with Crippen molar-refractivity contribution in [3.63, 3.8) is 0 Å². The van der Waals surface area contributed by atoms with Gasteiger partial charge in [0.05, 0.1) is 11.9 Å². The highest BCUT2D eigenvalue weighted by Crippen LogP contribution is 2.28. The topological polar surface area (TPSA) is 69.7 Å².